The van der Waals surface area contributed by atoms with E-state index < -0.39 is 0 Å². The van der Waals surface area contributed by atoms with Crippen LogP contribution in [0.3, 0.4) is 0 Å². The third-order valence-electron chi connectivity index (χ3n) is 3.40. The molecule has 1 aromatic heterocycles. The highest BCUT2D eigenvalue weighted by Gasteiger charge is 2.10. The maximum atomic E-state index is 5.72. The van der Waals surface area contributed by atoms with Crippen LogP contribution < -0.4 is 10.5 Å². The zero-order valence-corrected chi connectivity index (χ0v) is 12.9. The summed E-state index contributed by atoms with van der Waals surface area (Å²) in [6.07, 6.45) is 1.09. The van der Waals surface area contributed by atoms with E-state index in [-0.39, 0.29) is 0 Å². The number of ether oxygens (including phenoxy) is 1. The minimum absolute atomic E-state index is 0.512. The van der Waals surface area contributed by atoms with Gasteiger partial charge in [0.2, 0.25) is 0 Å². The Balaban J connectivity index is 1.73. The molecular formula is C16H22N2OS. The lowest BCUT2D eigenvalue weighted by molar-refractivity contribution is 0.199. The minimum atomic E-state index is 0.512. The van der Waals surface area contributed by atoms with Gasteiger partial charge in [-0.25, -0.2) is 0 Å². The molecule has 108 valence electrons. The average Bonchev–Trinajstić information content (AvgIpc) is 2.91. The molecule has 2 N–H and O–H groups in total. The average molecular weight is 290 g/mol. The quantitative estimate of drug-likeness (QED) is 0.795. The summed E-state index contributed by atoms with van der Waals surface area (Å²) in [5.74, 6) is 0.837. The Labute approximate surface area is 125 Å². The lowest BCUT2D eigenvalue weighted by atomic mass is 10.2. The largest absolute Gasteiger partial charge is 0.492 e. The monoisotopic (exact) mass is 290 g/mol. The molecule has 1 unspecified atom stereocenters. The predicted molar refractivity (Wildman–Crippen MR) is 86.5 cm³/mol. The van der Waals surface area contributed by atoms with E-state index >= 15 is 0 Å². The summed E-state index contributed by atoms with van der Waals surface area (Å²) in [5, 5.41) is 2.13. The molecule has 0 radical (unpaired) electrons. The number of benzene rings is 1. The van der Waals surface area contributed by atoms with Crippen molar-refractivity contribution < 1.29 is 4.74 Å². The Kier molecular flexibility index (Phi) is 5.44. The number of hydrogen-bond donors (Lipinski definition) is 1. The highest BCUT2D eigenvalue weighted by molar-refractivity contribution is 7.09. The first-order valence-corrected chi connectivity index (χ1v) is 7.74. The first-order valence-electron chi connectivity index (χ1n) is 6.86. The second kappa shape index (κ2) is 7.31. The molecule has 0 amide bonds. The van der Waals surface area contributed by atoms with Crippen LogP contribution in [-0.2, 0) is 6.42 Å². The van der Waals surface area contributed by atoms with Gasteiger partial charge in [0, 0.05) is 29.2 Å². The van der Waals surface area contributed by atoms with Crippen LogP contribution in [0.25, 0.3) is 0 Å². The van der Waals surface area contributed by atoms with Gasteiger partial charge in [0.15, 0.2) is 0 Å². The lowest BCUT2D eigenvalue weighted by Crippen LogP contribution is -2.34. The first-order chi connectivity index (χ1) is 9.65. The molecule has 1 atom stereocenters. The van der Waals surface area contributed by atoms with E-state index in [1.54, 1.807) is 0 Å². The summed E-state index contributed by atoms with van der Waals surface area (Å²) in [5.41, 5.74) is 6.46. The van der Waals surface area contributed by atoms with Gasteiger partial charge in [-0.1, -0.05) is 12.1 Å². The van der Waals surface area contributed by atoms with Gasteiger partial charge < -0.3 is 10.5 Å². The smallest absolute Gasteiger partial charge is 0.121 e. The third kappa shape index (κ3) is 4.54. The first kappa shape index (κ1) is 14.9. The van der Waals surface area contributed by atoms with Gasteiger partial charge in [0.25, 0.3) is 0 Å². The summed E-state index contributed by atoms with van der Waals surface area (Å²) in [6, 6.07) is 12.4. The fraction of sp³-hybridized carbons (Fsp3) is 0.375. The molecule has 0 aliphatic carbocycles. The van der Waals surface area contributed by atoms with Crippen LogP contribution in [0.1, 0.15) is 11.8 Å². The van der Waals surface area contributed by atoms with Crippen molar-refractivity contribution in [1.29, 1.82) is 0 Å². The summed E-state index contributed by atoms with van der Waals surface area (Å²) in [7, 11) is 2.14. The standard InChI is InChI=1S/C16H22N2OS/c1-13(11-16-7-4-10-20-16)18(2)8-9-19-15-6-3-5-14(17)12-15/h3-7,10,12-13H,8-9,11,17H2,1-2H3. The third-order valence-corrected chi connectivity index (χ3v) is 4.30. The van der Waals surface area contributed by atoms with Gasteiger partial charge in [-0.2, -0.15) is 0 Å². The van der Waals surface area contributed by atoms with Crippen LogP contribution in [-0.4, -0.2) is 31.1 Å². The number of anilines is 1. The van der Waals surface area contributed by atoms with Crippen molar-refractivity contribution in [2.24, 2.45) is 0 Å². The topological polar surface area (TPSA) is 38.5 Å². The van der Waals surface area contributed by atoms with Crippen molar-refractivity contribution in [2.75, 3.05) is 25.9 Å². The van der Waals surface area contributed by atoms with Crippen LogP contribution >= 0.6 is 11.3 Å². The zero-order valence-electron chi connectivity index (χ0n) is 12.1. The SMILES string of the molecule is CC(Cc1cccs1)N(C)CCOc1cccc(N)c1. The number of nitrogen functional groups attached to an aromatic ring is 1. The number of nitrogens with zero attached hydrogens (tertiary/aromatic N) is 1. The molecule has 0 aliphatic rings. The van der Waals surface area contributed by atoms with Gasteiger partial charge in [-0.3, -0.25) is 4.90 Å². The maximum absolute atomic E-state index is 5.72. The Hall–Kier alpha value is -1.52. The lowest BCUT2D eigenvalue weighted by Gasteiger charge is -2.24. The summed E-state index contributed by atoms with van der Waals surface area (Å²) in [4.78, 5) is 3.76. The molecule has 3 nitrogen and oxygen atoms in total. The molecule has 1 aromatic carbocycles. The maximum Gasteiger partial charge on any atom is 0.121 e. The Bertz CT molecular complexity index is 513. The number of hydrogen-bond acceptors (Lipinski definition) is 4. The molecule has 0 bridgehead atoms. The molecule has 0 aliphatic heterocycles. The molecule has 2 aromatic rings. The summed E-state index contributed by atoms with van der Waals surface area (Å²) in [6.45, 7) is 3.83. The predicted octanol–water partition coefficient (Wildman–Crippen LogP) is 3.27. The van der Waals surface area contributed by atoms with Crippen molar-refractivity contribution in [3.8, 4) is 5.75 Å². The molecular weight excluding hydrogens is 268 g/mol. The number of rotatable bonds is 7. The van der Waals surface area contributed by atoms with Crippen LogP contribution in [0.4, 0.5) is 5.69 Å². The molecule has 0 fully saturated rings. The van der Waals surface area contributed by atoms with Crippen molar-refractivity contribution in [3.63, 3.8) is 0 Å². The molecule has 1 heterocycles. The highest BCUT2D eigenvalue weighted by atomic mass is 32.1. The number of likely N-dealkylation sites (N-methyl/N-ethyl adjacent to an activating group) is 1. The normalized spacial score (nSPS) is 12.6. The van der Waals surface area contributed by atoms with E-state index in [4.69, 9.17) is 10.5 Å². The Morgan fingerprint density at radius 2 is 2.15 bits per heavy atom. The number of thiophene rings is 1. The van der Waals surface area contributed by atoms with E-state index in [0.717, 1.165) is 24.4 Å². The van der Waals surface area contributed by atoms with Crippen molar-refractivity contribution in [1.82, 2.24) is 4.90 Å². The fourth-order valence-corrected chi connectivity index (χ4v) is 2.83. The highest BCUT2D eigenvalue weighted by Crippen LogP contribution is 2.15. The van der Waals surface area contributed by atoms with E-state index in [9.17, 15) is 0 Å². The van der Waals surface area contributed by atoms with Gasteiger partial charge in [0.05, 0.1) is 0 Å². The second-order valence-electron chi connectivity index (χ2n) is 5.03. The van der Waals surface area contributed by atoms with Crippen LogP contribution in [0.5, 0.6) is 5.75 Å². The molecule has 20 heavy (non-hydrogen) atoms. The van der Waals surface area contributed by atoms with Gasteiger partial charge in [-0.15, -0.1) is 11.3 Å². The van der Waals surface area contributed by atoms with E-state index in [1.165, 1.54) is 4.88 Å². The van der Waals surface area contributed by atoms with Crippen LogP contribution in [0.2, 0.25) is 0 Å². The zero-order chi connectivity index (χ0) is 14.4. The Morgan fingerprint density at radius 1 is 1.30 bits per heavy atom. The summed E-state index contributed by atoms with van der Waals surface area (Å²) < 4.78 is 5.72. The molecule has 0 saturated heterocycles. The van der Waals surface area contributed by atoms with Gasteiger partial charge in [-0.05, 0) is 44.0 Å². The van der Waals surface area contributed by atoms with Crippen molar-refractivity contribution in [2.45, 2.75) is 19.4 Å². The molecule has 2 rings (SSSR count). The molecule has 0 spiro atoms. The second-order valence-corrected chi connectivity index (χ2v) is 6.07. The van der Waals surface area contributed by atoms with Gasteiger partial charge in [0.1, 0.15) is 12.4 Å². The minimum Gasteiger partial charge on any atom is -0.492 e. The molecule has 0 saturated carbocycles. The summed E-state index contributed by atoms with van der Waals surface area (Å²) >= 11 is 1.82. The fourth-order valence-electron chi connectivity index (χ4n) is 2.01. The van der Waals surface area contributed by atoms with E-state index in [0.29, 0.717) is 12.6 Å². The van der Waals surface area contributed by atoms with Crippen LogP contribution in [0.15, 0.2) is 41.8 Å². The number of nitrogens with two attached hydrogens (primary N) is 1. The molecule has 4 heteroatoms. The Morgan fingerprint density at radius 3 is 2.85 bits per heavy atom. The van der Waals surface area contributed by atoms with Crippen LogP contribution in [0, 0.1) is 0 Å². The van der Waals surface area contributed by atoms with Gasteiger partial charge >= 0.3 is 0 Å². The van der Waals surface area contributed by atoms with E-state index in [2.05, 4.69) is 36.4 Å². The van der Waals surface area contributed by atoms with Crippen molar-refractivity contribution >= 4 is 17.0 Å². The van der Waals surface area contributed by atoms with Crippen molar-refractivity contribution in [3.05, 3.63) is 46.7 Å². The van der Waals surface area contributed by atoms with E-state index in [1.807, 2.05) is 35.6 Å².